The van der Waals surface area contributed by atoms with Gasteiger partial charge in [-0.05, 0) is 83.1 Å². The Morgan fingerprint density at radius 1 is 0.758 bits per heavy atom. The maximum absolute atomic E-state index is 9.77. The Morgan fingerprint density at radius 3 is 2.09 bits per heavy atom. The Labute approximate surface area is 195 Å². The molecule has 1 N–H and O–H groups in total. The quantitative estimate of drug-likeness (QED) is 0.335. The van der Waals surface area contributed by atoms with E-state index in [0.29, 0.717) is 17.7 Å². The van der Waals surface area contributed by atoms with Gasteiger partial charge in [0.1, 0.15) is 5.75 Å². The molecule has 1 heterocycles. The minimum Gasteiger partial charge on any atom is -0.508 e. The van der Waals surface area contributed by atoms with E-state index in [2.05, 4.69) is 89.8 Å². The minimum absolute atomic E-state index is 0.316. The van der Waals surface area contributed by atoms with Crippen molar-refractivity contribution in [2.75, 3.05) is 4.90 Å². The van der Waals surface area contributed by atoms with E-state index in [4.69, 9.17) is 0 Å². The summed E-state index contributed by atoms with van der Waals surface area (Å²) in [4.78, 5) is 2.50. The number of nitrogens with zero attached hydrogens (tertiary/aromatic N) is 1. The van der Waals surface area contributed by atoms with Crippen LogP contribution in [0.25, 0.3) is 11.6 Å². The zero-order chi connectivity index (χ0) is 22.2. The number of phenols is 1. The Bertz CT molecular complexity index is 1250. The number of aromatic hydroxyl groups is 1. The SMILES string of the molecule is Oc1ccc(N2c3ccc(C=C(c4ccccc4)c4ccccc4)cc3C3CCCC32)cc1. The number of rotatable bonds is 4. The van der Waals surface area contributed by atoms with E-state index in [0.717, 1.165) is 0 Å². The van der Waals surface area contributed by atoms with E-state index in [9.17, 15) is 5.11 Å². The molecule has 1 aliphatic heterocycles. The first-order valence-corrected chi connectivity index (χ1v) is 11.8. The van der Waals surface area contributed by atoms with Crippen molar-refractivity contribution in [1.82, 2.24) is 0 Å². The molecule has 4 aromatic rings. The molecule has 0 amide bonds. The van der Waals surface area contributed by atoms with Crippen LogP contribution in [0.4, 0.5) is 11.4 Å². The fraction of sp³-hybridized carbons (Fsp3) is 0.161. The molecule has 33 heavy (non-hydrogen) atoms. The molecule has 0 radical (unpaired) electrons. The van der Waals surface area contributed by atoms with Crippen LogP contribution in [0.5, 0.6) is 5.75 Å². The average Bonchev–Trinajstić information content (AvgIpc) is 3.45. The lowest BCUT2D eigenvalue weighted by molar-refractivity contribution is 0.475. The van der Waals surface area contributed by atoms with Crippen molar-refractivity contribution in [1.29, 1.82) is 0 Å². The van der Waals surface area contributed by atoms with Gasteiger partial charge in [0.25, 0.3) is 0 Å². The summed E-state index contributed by atoms with van der Waals surface area (Å²) in [5, 5.41) is 9.77. The molecule has 1 aliphatic carbocycles. The van der Waals surface area contributed by atoms with Gasteiger partial charge in [-0.3, -0.25) is 0 Å². The lowest BCUT2D eigenvalue weighted by Gasteiger charge is -2.27. The summed E-state index contributed by atoms with van der Waals surface area (Å²) in [5.74, 6) is 0.884. The van der Waals surface area contributed by atoms with Crippen LogP contribution in [0.1, 0.15) is 47.4 Å². The van der Waals surface area contributed by atoms with Crippen molar-refractivity contribution in [2.24, 2.45) is 0 Å². The number of hydrogen-bond acceptors (Lipinski definition) is 2. The number of benzene rings is 4. The third kappa shape index (κ3) is 3.62. The number of fused-ring (bicyclic) bond motifs is 3. The molecule has 2 aliphatic rings. The third-order valence-corrected chi connectivity index (χ3v) is 7.13. The van der Waals surface area contributed by atoms with Crippen LogP contribution in [0.2, 0.25) is 0 Å². The molecule has 0 bridgehead atoms. The predicted octanol–water partition coefficient (Wildman–Crippen LogP) is 7.77. The monoisotopic (exact) mass is 429 g/mol. The first-order chi connectivity index (χ1) is 16.3. The second kappa shape index (κ2) is 8.29. The van der Waals surface area contributed by atoms with Gasteiger partial charge in [0.15, 0.2) is 0 Å². The molecule has 162 valence electrons. The molecule has 0 aromatic heterocycles. The van der Waals surface area contributed by atoms with Gasteiger partial charge >= 0.3 is 0 Å². The second-order valence-electron chi connectivity index (χ2n) is 9.10. The molecule has 4 aromatic carbocycles. The summed E-state index contributed by atoms with van der Waals surface area (Å²) in [7, 11) is 0. The second-order valence-corrected chi connectivity index (χ2v) is 9.10. The van der Waals surface area contributed by atoms with Crippen molar-refractivity contribution in [3.8, 4) is 5.75 Å². The zero-order valence-electron chi connectivity index (χ0n) is 18.6. The van der Waals surface area contributed by atoms with Crippen LogP contribution < -0.4 is 4.90 Å². The van der Waals surface area contributed by atoms with Gasteiger partial charge in [-0.15, -0.1) is 0 Å². The summed E-state index contributed by atoms with van der Waals surface area (Å²) >= 11 is 0. The maximum Gasteiger partial charge on any atom is 0.115 e. The van der Waals surface area contributed by atoms with E-state index >= 15 is 0 Å². The standard InChI is InChI=1S/C31H27NO/c33-26-17-15-25(16-18-26)32-30-13-7-12-27(30)29-21-22(14-19-31(29)32)20-28(23-8-3-1-4-9-23)24-10-5-2-6-11-24/h1-6,8-11,14-21,27,30,33H,7,12-13H2. The van der Waals surface area contributed by atoms with Gasteiger partial charge in [-0.2, -0.15) is 0 Å². The van der Waals surface area contributed by atoms with E-state index < -0.39 is 0 Å². The first kappa shape index (κ1) is 19.9. The van der Waals surface area contributed by atoms with Crippen LogP contribution in [0.15, 0.2) is 103 Å². The topological polar surface area (TPSA) is 23.5 Å². The van der Waals surface area contributed by atoms with Crippen LogP contribution in [0.3, 0.4) is 0 Å². The van der Waals surface area contributed by atoms with E-state index in [1.54, 1.807) is 12.1 Å². The molecule has 0 spiro atoms. The van der Waals surface area contributed by atoms with Gasteiger partial charge in [0, 0.05) is 23.3 Å². The number of phenolic OH excluding ortho intramolecular Hbond substituents is 1. The lowest BCUT2D eigenvalue weighted by Crippen LogP contribution is -2.26. The van der Waals surface area contributed by atoms with E-state index in [-0.39, 0.29) is 0 Å². The van der Waals surface area contributed by atoms with Crippen molar-refractivity contribution in [2.45, 2.75) is 31.2 Å². The Kier molecular flexibility index (Phi) is 4.99. The highest BCUT2D eigenvalue weighted by molar-refractivity contribution is 5.92. The van der Waals surface area contributed by atoms with Crippen molar-refractivity contribution in [3.05, 3.63) is 125 Å². The minimum atomic E-state index is 0.316. The predicted molar refractivity (Wildman–Crippen MR) is 137 cm³/mol. The molecule has 0 saturated heterocycles. The van der Waals surface area contributed by atoms with Crippen LogP contribution in [-0.2, 0) is 0 Å². The summed E-state index contributed by atoms with van der Waals surface area (Å²) in [5.41, 5.74) is 8.89. The van der Waals surface area contributed by atoms with E-state index in [1.807, 2.05) is 12.1 Å². The molecule has 2 nitrogen and oxygen atoms in total. The normalized spacial score (nSPS) is 18.6. The summed E-state index contributed by atoms with van der Waals surface area (Å²) in [6, 6.07) is 36.4. The third-order valence-electron chi connectivity index (χ3n) is 7.13. The van der Waals surface area contributed by atoms with Gasteiger partial charge in [0.05, 0.1) is 0 Å². The summed E-state index contributed by atoms with van der Waals surface area (Å²) in [6.07, 6.45) is 6.05. The highest BCUT2D eigenvalue weighted by atomic mass is 16.3. The molecule has 6 rings (SSSR count). The molecular weight excluding hydrogens is 402 g/mol. The van der Waals surface area contributed by atoms with Crippen molar-refractivity contribution < 1.29 is 5.11 Å². The van der Waals surface area contributed by atoms with Gasteiger partial charge < -0.3 is 10.0 Å². The van der Waals surface area contributed by atoms with Crippen LogP contribution in [-0.4, -0.2) is 11.1 Å². The largest absolute Gasteiger partial charge is 0.508 e. The highest BCUT2D eigenvalue weighted by Crippen LogP contribution is 2.52. The highest BCUT2D eigenvalue weighted by Gasteiger charge is 2.42. The Morgan fingerprint density at radius 2 is 1.42 bits per heavy atom. The van der Waals surface area contributed by atoms with Crippen molar-refractivity contribution >= 4 is 23.0 Å². The maximum atomic E-state index is 9.77. The smallest absolute Gasteiger partial charge is 0.115 e. The fourth-order valence-corrected chi connectivity index (χ4v) is 5.65. The molecule has 2 atom stereocenters. The first-order valence-electron chi connectivity index (χ1n) is 11.8. The average molecular weight is 430 g/mol. The number of anilines is 2. The van der Waals surface area contributed by atoms with Crippen molar-refractivity contribution in [3.63, 3.8) is 0 Å². The number of hydrogen-bond donors (Lipinski definition) is 1. The van der Waals surface area contributed by atoms with Gasteiger partial charge in [0.2, 0.25) is 0 Å². The fourth-order valence-electron chi connectivity index (χ4n) is 5.65. The molecule has 1 fully saturated rings. The molecule has 1 saturated carbocycles. The molecule has 2 unspecified atom stereocenters. The molecular formula is C31H27NO. The lowest BCUT2D eigenvalue weighted by atomic mass is 9.93. The Balaban J connectivity index is 1.45. The van der Waals surface area contributed by atoms with E-state index in [1.165, 1.54) is 58.5 Å². The summed E-state index contributed by atoms with van der Waals surface area (Å²) in [6.45, 7) is 0. The van der Waals surface area contributed by atoms with Crippen LogP contribution >= 0.6 is 0 Å². The van der Waals surface area contributed by atoms with Gasteiger partial charge in [-0.25, -0.2) is 0 Å². The van der Waals surface area contributed by atoms with Gasteiger partial charge in [-0.1, -0.05) is 73.2 Å². The zero-order valence-corrected chi connectivity index (χ0v) is 18.6. The summed E-state index contributed by atoms with van der Waals surface area (Å²) < 4.78 is 0. The molecule has 2 heteroatoms. The Hall–Kier alpha value is -3.78. The van der Waals surface area contributed by atoms with Crippen LogP contribution in [0, 0.1) is 0 Å².